The Hall–Kier alpha value is -1.35. The Labute approximate surface area is 128 Å². The van der Waals surface area contributed by atoms with Crippen LogP contribution in [-0.2, 0) is 4.79 Å². The first-order valence-electron chi connectivity index (χ1n) is 7.93. The fraction of sp³-hybridized carbons (Fsp3) is 0.611. The molecule has 1 aliphatic heterocycles. The highest BCUT2D eigenvalue weighted by molar-refractivity contribution is 5.76. The fourth-order valence-electron chi connectivity index (χ4n) is 3.03. The van der Waals surface area contributed by atoms with Crippen molar-refractivity contribution in [2.75, 3.05) is 19.6 Å². The van der Waals surface area contributed by atoms with Crippen molar-refractivity contribution in [2.24, 2.45) is 17.1 Å². The second-order valence-corrected chi connectivity index (χ2v) is 7.37. The van der Waals surface area contributed by atoms with E-state index in [1.807, 2.05) is 11.0 Å². The largest absolute Gasteiger partial charge is 0.342 e. The lowest BCUT2D eigenvalue weighted by atomic mass is 9.89. The molecule has 3 nitrogen and oxygen atoms in total. The average molecular weight is 288 g/mol. The highest BCUT2D eigenvalue weighted by atomic mass is 16.2. The first-order valence-corrected chi connectivity index (χ1v) is 7.93. The van der Waals surface area contributed by atoms with Crippen LogP contribution in [0.15, 0.2) is 30.3 Å². The summed E-state index contributed by atoms with van der Waals surface area (Å²) in [5.41, 5.74) is 7.44. The maximum atomic E-state index is 12.4. The minimum absolute atomic E-state index is 0.210. The number of hydrogen-bond acceptors (Lipinski definition) is 2. The number of rotatable bonds is 4. The van der Waals surface area contributed by atoms with Gasteiger partial charge < -0.3 is 10.6 Å². The summed E-state index contributed by atoms with van der Waals surface area (Å²) in [5.74, 6) is 1.04. The second-order valence-electron chi connectivity index (χ2n) is 7.37. The molecule has 116 valence electrons. The smallest absolute Gasteiger partial charge is 0.222 e. The van der Waals surface area contributed by atoms with Crippen LogP contribution in [-0.4, -0.2) is 30.4 Å². The van der Waals surface area contributed by atoms with Gasteiger partial charge in [-0.3, -0.25) is 4.79 Å². The summed E-state index contributed by atoms with van der Waals surface area (Å²) in [6.07, 6.45) is 1.58. The van der Waals surface area contributed by atoms with Crippen LogP contribution in [0.3, 0.4) is 0 Å². The van der Waals surface area contributed by atoms with Crippen LogP contribution in [0.2, 0.25) is 0 Å². The van der Waals surface area contributed by atoms with Crippen LogP contribution in [0.4, 0.5) is 0 Å². The van der Waals surface area contributed by atoms with Gasteiger partial charge in [0.2, 0.25) is 5.91 Å². The summed E-state index contributed by atoms with van der Waals surface area (Å²) < 4.78 is 0. The Morgan fingerprint density at radius 3 is 2.48 bits per heavy atom. The molecular weight excluding hydrogens is 260 g/mol. The minimum atomic E-state index is 0.210. The van der Waals surface area contributed by atoms with Gasteiger partial charge in [-0.25, -0.2) is 0 Å². The summed E-state index contributed by atoms with van der Waals surface area (Å²) in [6.45, 7) is 8.80. The van der Waals surface area contributed by atoms with E-state index < -0.39 is 0 Å². The van der Waals surface area contributed by atoms with Gasteiger partial charge in [-0.05, 0) is 29.9 Å². The fourth-order valence-corrected chi connectivity index (χ4v) is 3.03. The quantitative estimate of drug-likeness (QED) is 0.925. The molecular formula is C18H28N2O. The SMILES string of the molecule is CC(C)(C)CCC(=O)N1C[C@@H](CN)[C@H](c2ccccc2)C1. The molecule has 2 N–H and O–H groups in total. The molecule has 0 aromatic heterocycles. The van der Waals surface area contributed by atoms with Gasteiger partial charge >= 0.3 is 0 Å². The second kappa shape index (κ2) is 6.61. The monoisotopic (exact) mass is 288 g/mol. The highest BCUT2D eigenvalue weighted by Crippen LogP contribution is 2.33. The van der Waals surface area contributed by atoms with E-state index in [0.717, 1.165) is 19.5 Å². The molecule has 1 saturated heterocycles. The predicted octanol–water partition coefficient (Wildman–Crippen LogP) is 3.01. The molecule has 0 saturated carbocycles. The normalized spacial score (nSPS) is 22.6. The summed E-state index contributed by atoms with van der Waals surface area (Å²) in [7, 11) is 0. The van der Waals surface area contributed by atoms with Crippen LogP contribution < -0.4 is 5.73 Å². The molecule has 2 rings (SSSR count). The third kappa shape index (κ3) is 4.31. The molecule has 1 heterocycles. The number of likely N-dealkylation sites (tertiary alicyclic amines) is 1. The van der Waals surface area contributed by atoms with E-state index in [1.165, 1.54) is 5.56 Å². The molecule has 0 radical (unpaired) electrons. The number of carbonyl (C=O) groups excluding carboxylic acids is 1. The van der Waals surface area contributed by atoms with E-state index >= 15 is 0 Å². The van der Waals surface area contributed by atoms with E-state index in [9.17, 15) is 4.79 Å². The van der Waals surface area contributed by atoms with Crippen molar-refractivity contribution in [3.63, 3.8) is 0 Å². The van der Waals surface area contributed by atoms with E-state index in [1.54, 1.807) is 0 Å². The molecule has 1 aromatic carbocycles. The zero-order valence-corrected chi connectivity index (χ0v) is 13.5. The Morgan fingerprint density at radius 1 is 1.24 bits per heavy atom. The van der Waals surface area contributed by atoms with Crippen LogP contribution >= 0.6 is 0 Å². The molecule has 1 fully saturated rings. The van der Waals surface area contributed by atoms with Crippen LogP contribution in [0.5, 0.6) is 0 Å². The van der Waals surface area contributed by atoms with Crippen molar-refractivity contribution in [1.82, 2.24) is 4.90 Å². The van der Waals surface area contributed by atoms with Crippen LogP contribution in [0.1, 0.15) is 45.1 Å². The van der Waals surface area contributed by atoms with Crippen molar-refractivity contribution >= 4 is 5.91 Å². The van der Waals surface area contributed by atoms with E-state index in [4.69, 9.17) is 5.73 Å². The molecule has 0 unspecified atom stereocenters. The van der Waals surface area contributed by atoms with Crippen molar-refractivity contribution < 1.29 is 4.79 Å². The topological polar surface area (TPSA) is 46.3 Å². The Morgan fingerprint density at radius 2 is 1.90 bits per heavy atom. The number of hydrogen-bond donors (Lipinski definition) is 1. The predicted molar refractivity (Wildman–Crippen MR) is 87.0 cm³/mol. The van der Waals surface area contributed by atoms with Crippen LogP contribution in [0.25, 0.3) is 0 Å². The molecule has 1 amide bonds. The molecule has 21 heavy (non-hydrogen) atoms. The van der Waals surface area contributed by atoms with Gasteiger partial charge in [0.25, 0.3) is 0 Å². The Balaban J connectivity index is 2.00. The van der Waals surface area contributed by atoms with E-state index in [2.05, 4.69) is 45.0 Å². The molecule has 0 spiro atoms. The summed E-state index contributed by atoms with van der Waals surface area (Å²) >= 11 is 0. The van der Waals surface area contributed by atoms with E-state index in [0.29, 0.717) is 24.8 Å². The van der Waals surface area contributed by atoms with Gasteiger partial charge in [-0.2, -0.15) is 0 Å². The molecule has 3 heteroatoms. The van der Waals surface area contributed by atoms with Crippen LogP contribution in [0, 0.1) is 11.3 Å². The van der Waals surface area contributed by atoms with Crippen molar-refractivity contribution in [3.8, 4) is 0 Å². The standard InChI is InChI=1S/C18H28N2O/c1-18(2,3)10-9-17(21)20-12-15(11-19)16(13-20)14-7-5-4-6-8-14/h4-8,15-16H,9-13,19H2,1-3H3/t15-,16+/m1/s1. The zero-order chi connectivity index (χ0) is 15.5. The number of carbonyl (C=O) groups is 1. The zero-order valence-electron chi connectivity index (χ0n) is 13.5. The summed E-state index contributed by atoms with van der Waals surface area (Å²) in [6, 6.07) is 10.5. The summed E-state index contributed by atoms with van der Waals surface area (Å²) in [4.78, 5) is 14.4. The molecule has 0 bridgehead atoms. The van der Waals surface area contributed by atoms with Crippen molar-refractivity contribution in [1.29, 1.82) is 0 Å². The molecule has 0 aliphatic carbocycles. The summed E-state index contributed by atoms with van der Waals surface area (Å²) in [5, 5.41) is 0. The van der Waals surface area contributed by atoms with Gasteiger partial charge in [0.15, 0.2) is 0 Å². The first-order chi connectivity index (χ1) is 9.90. The highest BCUT2D eigenvalue weighted by Gasteiger charge is 2.35. The lowest BCUT2D eigenvalue weighted by Gasteiger charge is -2.21. The molecule has 1 aliphatic rings. The van der Waals surface area contributed by atoms with Crippen molar-refractivity contribution in [2.45, 2.75) is 39.5 Å². The Bertz CT molecular complexity index is 464. The number of nitrogens with two attached hydrogens (primary N) is 1. The third-order valence-electron chi connectivity index (χ3n) is 4.41. The lowest BCUT2D eigenvalue weighted by molar-refractivity contribution is -0.130. The third-order valence-corrected chi connectivity index (χ3v) is 4.41. The van der Waals surface area contributed by atoms with Gasteiger partial charge in [-0.1, -0.05) is 51.1 Å². The number of amides is 1. The molecule has 1 aromatic rings. The Kier molecular flexibility index (Phi) is 5.04. The van der Waals surface area contributed by atoms with Gasteiger partial charge in [0, 0.05) is 25.4 Å². The maximum absolute atomic E-state index is 12.4. The first kappa shape index (κ1) is 16.0. The number of nitrogens with zero attached hydrogens (tertiary/aromatic N) is 1. The van der Waals surface area contributed by atoms with Gasteiger partial charge in [0.05, 0.1) is 0 Å². The average Bonchev–Trinajstić information content (AvgIpc) is 2.89. The molecule has 2 atom stereocenters. The maximum Gasteiger partial charge on any atom is 0.222 e. The van der Waals surface area contributed by atoms with Gasteiger partial charge in [0.1, 0.15) is 0 Å². The lowest BCUT2D eigenvalue weighted by Crippen LogP contribution is -2.30. The minimum Gasteiger partial charge on any atom is -0.342 e. The van der Waals surface area contributed by atoms with Gasteiger partial charge in [-0.15, -0.1) is 0 Å². The van der Waals surface area contributed by atoms with E-state index in [-0.39, 0.29) is 11.3 Å². The van der Waals surface area contributed by atoms with Crippen molar-refractivity contribution in [3.05, 3.63) is 35.9 Å². The number of benzene rings is 1.